The SMILES string of the molecule is CCCC(c1ccccc1C(C)C)n1ccn(Cc2ccc(-c3ccccc3-c3nnn[nH]3)cn2)c1=O. The predicted octanol–water partition coefficient (Wildman–Crippen LogP) is 5.45. The number of pyridine rings is 1. The third kappa shape index (κ3) is 5.00. The zero-order valence-corrected chi connectivity index (χ0v) is 21.4. The summed E-state index contributed by atoms with van der Waals surface area (Å²) in [5.41, 5.74) is 6.15. The number of aromatic nitrogens is 7. The molecule has 0 aliphatic carbocycles. The average molecular weight is 494 g/mol. The first-order valence-corrected chi connectivity index (χ1v) is 12.7. The molecule has 0 aliphatic rings. The third-order valence-electron chi connectivity index (χ3n) is 6.74. The highest BCUT2D eigenvalue weighted by atomic mass is 16.1. The standard InChI is InChI=1S/C29H31N7O/c1-4-9-27(25-12-7-5-10-23(25)20(2)3)36-17-16-35(29(36)37)19-22-15-14-21(18-30-22)24-11-6-8-13-26(24)28-31-33-34-32-28/h5-8,10-18,20,27H,4,9,19H2,1-3H3,(H,31,32,33,34). The molecule has 8 nitrogen and oxygen atoms in total. The molecular weight excluding hydrogens is 462 g/mol. The Morgan fingerprint density at radius 2 is 1.68 bits per heavy atom. The van der Waals surface area contributed by atoms with Crippen LogP contribution in [-0.4, -0.2) is 34.7 Å². The van der Waals surface area contributed by atoms with Crippen LogP contribution in [-0.2, 0) is 6.54 Å². The lowest BCUT2D eigenvalue weighted by Crippen LogP contribution is -2.29. The van der Waals surface area contributed by atoms with Gasteiger partial charge >= 0.3 is 5.69 Å². The molecule has 1 atom stereocenters. The quantitative estimate of drug-likeness (QED) is 0.295. The van der Waals surface area contributed by atoms with Gasteiger partial charge in [0.2, 0.25) is 0 Å². The molecular formula is C29H31N7O. The van der Waals surface area contributed by atoms with Crippen molar-refractivity contribution in [3.05, 3.63) is 107 Å². The largest absolute Gasteiger partial charge is 0.329 e. The molecule has 3 aromatic heterocycles. The van der Waals surface area contributed by atoms with Gasteiger partial charge in [-0.3, -0.25) is 14.1 Å². The molecule has 5 rings (SSSR count). The van der Waals surface area contributed by atoms with E-state index in [4.69, 9.17) is 0 Å². The molecule has 0 fully saturated rings. The van der Waals surface area contributed by atoms with Crippen molar-refractivity contribution in [2.45, 2.75) is 52.1 Å². The minimum Gasteiger partial charge on any atom is -0.293 e. The van der Waals surface area contributed by atoms with Gasteiger partial charge < -0.3 is 0 Å². The summed E-state index contributed by atoms with van der Waals surface area (Å²) in [5.74, 6) is 0.995. The van der Waals surface area contributed by atoms with Crippen molar-refractivity contribution < 1.29 is 0 Å². The maximum atomic E-state index is 13.5. The van der Waals surface area contributed by atoms with Gasteiger partial charge in [-0.05, 0) is 45.5 Å². The van der Waals surface area contributed by atoms with Gasteiger partial charge in [0.05, 0.1) is 18.3 Å². The van der Waals surface area contributed by atoms with Crippen molar-refractivity contribution in [2.24, 2.45) is 0 Å². The molecule has 37 heavy (non-hydrogen) atoms. The van der Waals surface area contributed by atoms with E-state index in [1.807, 2.05) is 59.6 Å². The molecule has 1 unspecified atom stereocenters. The van der Waals surface area contributed by atoms with Crippen LogP contribution in [0.3, 0.4) is 0 Å². The van der Waals surface area contributed by atoms with Crippen LogP contribution in [0.4, 0.5) is 0 Å². The first-order valence-electron chi connectivity index (χ1n) is 12.7. The molecule has 0 amide bonds. The molecule has 0 radical (unpaired) electrons. The van der Waals surface area contributed by atoms with Crippen LogP contribution < -0.4 is 5.69 Å². The van der Waals surface area contributed by atoms with Crippen LogP contribution in [0.2, 0.25) is 0 Å². The average Bonchev–Trinajstić information content (AvgIpc) is 3.59. The number of hydrogen-bond acceptors (Lipinski definition) is 5. The molecule has 0 spiro atoms. The van der Waals surface area contributed by atoms with E-state index in [0.29, 0.717) is 18.3 Å². The minimum atomic E-state index is -0.0222. The fourth-order valence-corrected chi connectivity index (χ4v) is 4.91. The maximum Gasteiger partial charge on any atom is 0.329 e. The van der Waals surface area contributed by atoms with Gasteiger partial charge in [-0.15, -0.1) is 5.10 Å². The Kier molecular flexibility index (Phi) is 7.07. The van der Waals surface area contributed by atoms with Crippen LogP contribution in [0.1, 0.15) is 62.4 Å². The summed E-state index contributed by atoms with van der Waals surface area (Å²) in [7, 11) is 0. The van der Waals surface area contributed by atoms with Crippen molar-refractivity contribution in [3.8, 4) is 22.5 Å². The second-order valence-electron chi connectivity index (χ2n) is 9.54. The van der Waals surface area contributed by atoms with Gasteiger partial charge in [0.1, 0.15) is 0 Å². The lowest BCUT2D eigenvalue weighted by molar-refractivity contribution is 0.503. The molecule has 0 bridgehead atoms. The number of aromatic amines is 1. The first kappa shape index (κ1) is 24.4. The van der Waals surface area contributed by atoms with Crippen molar-refractivity contribution in [1.82, 2.24) is 34.7 Å². The third-order valence-corrected chi connectivity index (χ3v) is 6.74. The zero-order valence-electron chi connectivity index (χ0n) is 21.4. The molecule has 5 aromatic rings. The van der Waals surface area contributed by atoms with Crippen LogP contribution in [0, 0.1) is 0 Å². The smallest absolute Gasteiger partial charge is 0.293 e. The molecule has 0 saturated heterocycles. The van der Waals surface area contributed by atoms with E-state index >= 15 is 0 Å². The number of H-pyrrole nitrogens is 1. The Hall–Kier alpha value is -4.33. The second-order valence-corrected chi connectivity index (χ2v) is 9.54. The number of tetrazole rings is 1. The van der Waals surface area contributed by atoms with Crippen molar-refractivity contribution in [3.63, 3.8) is 0 Å². The van der Waals surface area contributed by atoms with E-state index in [2.05, 4.69) is 70.6 Å². The summed E-state index contributed by atoms with van der Waals surface area (Å²) in [6.45, 7) is 6.97. The predicted molar refractivity (Wildman–Crippen MR) is 144 cm³/mol. The summed E-state index contributed by atoms with van der Waals surface area (Å²) < 4.78 is 3.61. The first-order chi connectivity index (χ1) is 18.1. The minimum absolute atomic E-state index is 0.00904. The van der Waals surface area contributed by atoms with Gasteiger partial charge in [0.15, 0.2) is 5.82 Å². The highest BCUT2D eigenvalue weighted by Crippen LogP contribution is 2.31. The van der Waals surface area contributed by atoms with E-state index in [1.165, 1.54) is 11.1 Å². The summed E-state index contributed by atoms with van der Waals surface area (Å²) >= 11 is 0. The van der Waals surface area contributed by atoms with E-state index in [1.54, 1.807) is 4.57 Å². The zero-order chi connectivity index (χ0) is 25.8. The number of imidazole rings is 1. The number of benzene rings is 2. The van der Waals surface area contributed by atoms with Crippen LogP contribution in [0.15, 0.2) is 84.0 Å². The van der Waals surface area contributed by atoms with Crippen LogP contribution in [0.25, 0.3) is 22.5 Å². The van der Waals surface area contributed by atoms with Crippen molar-refractivity contribution in [2.75, 3.05) is 0 Å². The van der Waals surface area contributed by atoms with Gasteiger partial charge in [0.25, 0.3) is 0 Å². The Balaban J connectivity index is 1.41. The van der Waals surface area contributed by atoms with Gasteiger partial charge in [-0.2, -0.15) is 0 Å². The van der Waals surface area contributed by atoms with Gasteiger partial charge in [0, 0.05) is 29.7 Å². The summed E-state index contributed by atoms with van der Waals surface area (Å²) in [6, 6.07) is 20.4. The topological polar surface area (TPSA) is 94.3 Å². The molecule has 188 valence electrons. The van der Waals surface area contributed by atoms with Gasteiger partial charge in [-0.1, -0.05) is 81.8 Å². The molecule has 0 aliphatic heterocycles. The second kappa shape index (κ2) is 10.7. The van der Waals surface area contributed by atoms with Crippen molar-refractivity contribution in [1.29, 1.82) is 0 Å². The molecule has 0 saturated carbocycles. The normalized spacial score (nSPS) is 12.2. The summed E-state index contributed by atoms with van der Waals surface area (Å²) in [4.78, 5) is 18.2. The fraction of sp³-hybridized carbons (Fsp3) is 0.276. The van der Waals surface area contributed by atoms with E-state index in [-0.39, 0.29) is 11.7 Å². The van der Waals surface area contributed by atoms with E-state index < -0.39 is 0 Å². The summed E-state index contributed by atoms with van der Waals surface area (Å²) in [5, 5.41) is 14.2. The molecule has 3 heterocycles. The lowest BCUT2D eigenvalue weighted by Gasteiger charge is -2.22. The Labute approximate surface area is 216 Å². The Morgan fingerprint density at radius 1 is 0.919 bits per heavy atom. The lowest BCUT2D eigenvalue weighted by atomic mass is 9.91. The number of hydrogen-bond donors (Lipinski definition) is 1. The highest BCUT2D eigenvalue weighted by Gasteiger charge is 2.20. The van der Waals surface area contributed by atoms with Crippen LogP contribution >= 0.6 is 0 Å². The fourth-order valence-electron chi connectivity index (χ4n) is 4.91. The highest BCUT2D eigenvalue weighted by molar-refractivity contribution is 5.79. The number of nitrogens with one attached hydrogen (secondary N) is 1. The Morgan fingerprint density at radius 3 is 2.35 bits per heavy atom. The molecule has 1 N–H and O–H groups in total. The van der Waals surface area contributed by atoms with Gasteiger partial charge in [-0.25, -0.2) is 9.89 Å². The maximum absolute atomic E-state index is 13.5. The molecule has 2 aromatic carbocycles. The Bertz CT molecular complexity index is 1510. The monoisotopic (exact) mass is 493 g/mol. The van der Waals surface area contributed by atoms with Crippen LogP contribution in [0.5, 0.6) is 0 Å². The molecule has 8 heteroatoms. The van der Waals surface area contributed by atoms with Crippen molar-refractivity contribution >= 4 is 0 Å². The number of rotatable bonds is 9. The number of nitrogens with zero attached hydrogens (tertiary/aromatic N) is 6. The summed E-state index contributed by atoms with van der Waals surface area (Å²) in [6.07, 6.45) is 7.50. The van der Waals surface area contributed by atoms with E-state index in [9.17, 15) is 4.79 Å². The van der Waals surface area contributed by atoms with E-state index in [0.717, 1.165) is 35.2 Å².